The topological polar surface area (TPSA) is 58.2 Å². The smallest absolute Gasteiger partial charge is 0.356 e. The van der Waals surface area contributed by atoms with Gasteiger partial charge in [0, 0.05) is 19.0 Å². The molecule has 122 valence electrons. The van der Waals surface area contributed by atoms with Crippen LogP contribution < -0.4 is 10.6 Å². The highest BCUT2D eigenvalue weighted by Crippen LogP contribution is 2.18. The number of rotatable bonds is 4. The van der Waals surface area contributed by atoms with Crippen LogP contribution in [0.25, 0.3) is 0 Å². The molecule has 0 aliphatic heterocycles. The molecule has 0 radical (unpaired) electrons. The number of carbonyl (C=O) groups excluding carboxylic acids is 2. The van der Waals surface area contributed by atoms with Crippen LogP contribution in [0.1, 0.15) is 48.0 Å². The van der Waals surface area contributed by atoms with Crippen molar-refractivity contribution in [3.05, 3.63) is 0 Å². The number of nitrogens with one attached hydrogen (secondary N) is 2. The molecule has 2 amide bonds. The molecule has 0 aliphatic carbocycles. The predicted molar refractivity (Wildman–Crippen MR) is 74.2 cm³/mol. The van der Waals surface area contributed by atoms with Gasteiger partial charge < -0.3 is 10.6 Å². The van der Waals surface area contributed by atoms with Gasteiger partial charge in [-0.2, -0.15) is 13.2 Å². The lowest BCUT2D eigenvalue weighted by atomic mass is 10.2. The van der Waals surface area contributed by atoms with Crippen molar-refractivity contribution in [2.24, 2.45) is 5.92 Å². The van der Waals surface area contributed by atoms with Crippen molar-refractivity contribution in [1.82, 2.24) is 10.6 Å². The first-order valence-corrected chi connectivity index (χ1v) is 6.75. The second-order valence-electron chi connectivity index (χ2n) is 3.79. The fourth-order valence-corrected chi connectivity index (χ4v) is 0.820. The molecule has 0 atom stereocenters. The SMILES string of the molecule is CC.CCNC(=O)C(C)C.CCNC(=O)CC(F)(F)F. The highest BCUT2D eigenvalue weighted by Gasteiger charge is 2.30. The molecule has 4 nitrogen and oxygen atoms in total. The summed E-state index contributed by atoms with van der Waals surface area (Å²) < 4.78 is 34.1. The minimum atomic E-state index is -4.39. The van der Waals surface area contributed by atoms with E-state index in [1.807, 2.05) is 39.9 Å². The summed E-state index contributed by atoms with van der Waals surface area (Å²) in [5.41, 5.74) is 0. The van der Waals surface area contributed by atoms with E-state index < -0.39 is 18.5 Å². The summed E-state index contributed by atoms with van der Waals surface area (Å²) in [6, 6.07) is 0. The molecule has 0 aromatic carbocycles. The van der Waals surface area contributed by atoms with Crippen LogP contribution in [0.15, 0.2) is 0 Å². The predicted octanol–water partition coefficient (Wildman–Crippen LogP) is 2.88. The minimum Gasteiger partial charge on any atom is -0.356 e. The zero-order valence-electron chi connectivity index (χ0n) is 13.1. The van der Waals surface area contributed by atoms with Crippen LogP contribution in [-0.4, -0.2) is 31.1 Å². The summed E-state index contributed by atoms with van der Waals surface area (Å²) in [6.07, 6.45) is -5.78. The van der Waals surface area contributed by atoms with E-state index in [4.69, 9.17) is 0 Å². The fraction of sp³-hybridized carbons (Fsp3) is 0.846. The highest BCUT2D eigenvalue weighted by atomic mass is 19.4. The second kappa shape index (κ2) is 14.1. The Morgan fingerprint density at radius 1 is 1.00 bits per heavy atom. The average molecular weight is 300 g/mol. The van der Waals surface area contributed by atoms with Crippen LogP contribution in [0.4, 0.5) is 13.2 Å². The van der Waals surface area contributed by atoms with Crippen LogP contribution in [0.2, 0.25) is 0 Å². The van der Waals surface area contributed by atoms with Crippen LogP contribution in [-0.2, 0) is 9.59 Å². The zero-order valence-corrected chi connectivity index (χ0v) is 13.1. The Labute approximate surface area is 119 Å². The maximum atomic E-state index is 11.4. The molecule has 7 heteroatoms. The third kappa shape index (κ3) is 22.0. The van der Waals surface area contributed by atoms with Gasteiger partial charge >= 0.3 is 6.18 Å². The Morgan fingerprint density at radius 2 is 1.40 bits per heavy atom. The standard InChI is InChI=1S/C6H13NO.C5H8F3NO.C2H6/c1-4-7-6(8)5(2)3;1-2-9-4(10)3-5(6,7)8;1-2/h5H,4H2,1-3H3,(H,7,8);2-3H2,1H3,(H,9,10);1-2H3. The van der Waals surface area contributed by atoms with Gasteiger partial charge in [-0.1, -0.05) is 27.7 Å². The van der Waals surface area contributed by atoms with E-state index in [-0.39, 0.29) is 18.4 Å². The zero-order chi connectivity index (χ0) is 16.8. The third-order valence-corrected chi connectivity index (χ3v) is 1.61. The second-order valence-corrected chi connectivity index (χ2v) is 3.79. The lowest BCUT2D eigenvalue weighted by molar-refractivity contribution is -0.153. The highest BCUT2D eigenvalue weighted by molar-refractivity contribution is 5.77. The van der Waals surface area contributed by atoms with Crippen LogP contribution in [0.5, 0.6) is 0 Å². The van der Waals surface area contributed by atoms with Crippen molar-refractivity contribution in [1.29, 1.82) is 0 Å². The van der Waals surface area contributed by atoms with Gasteiger partial charge in [0.05, 0.1) is 0 Å². The summed E-state index contributed by atoms with van der Waals surface area (Å²) in [4.78, 5) is 20.9. The van der Waals surface area contributed by atoms with E-state index in [1.165, 1.54) is 0 Å². The van der Waals surface area contributed by atoms with Crippen molar-refractivity contribution < 1.29 is 22.8 Å². The molecule has 0 spiro atoms. The molecule has 0 saturated carbocycles. The van der Waals surface area contributed by atoms with Crippen LogP contribution in [0.3, 0.4) is 0 Å². The molecule has 0 aromatic heterocycles. The first-order chi connectivity index (χ1) is 9.14. The molecule has 0 unspecified atom stereocenters. The van der Waals surface area contributed by atoms with E-state index in [0.29, 0.717) is 0 Å². The molecule has 0 aliphatic rings. The van der Waals surface area contributed by atoms with Crippen molar-refractivity contribution in [2.75, 3.05) is 13.1 Å². The van der Waals surface area contributed by atoms with Crippen molar-refractivity contribution >= 4 is 11.8 Å². The third-order valence-electron chi connectivity index (χ3n) is 1.61. The van der Waals surface area contributed by atoms with Gasteiger partial charge in [-0.05, 0) is 13.8 Å². The van der Waals surface area contributed by atoms with Gasteiger partial charge in [-0.25, -0.2) is 0 Å². The van der Waals surface area contributed by atoms with Crippen molar-refractivity contribution in [2.45, 2.75) is 54.1 Å². The summed E-state index contributed by atoms with van der Waals surface area (Å²) in [5, 5.41) is 4.75. The Morgan fingerprint density at radius 3 is 1.60 bits per heavy atom. The van der Waals surface area contributed by atoms with Crippen molar-refractivity contribution in [3.8, 4) is 0 Å². The number of hydrogen-bond donors (Lipinski definition) is 2. The molecule has 0 aromatic rings. The Balaban J connectivity index is -0.000000262. The van der Waals surface area contributed by atoms with Crippen molar-refractivity contribution in [3.63, 3.8) is 0 Å². The number of carbonyl (C=O) groups is 2. The van der Waals surface area contributed by atoms with Crippen LogP contribution >= 0.6 is 0 Å². The number of alkyl halides is 3. The quantitative estimate of drug-likeness (QED) is 0.838. The van der Waals surface area contributed by atoms with E-state index >= 15 is 0 Å². The first-order valence-electron chi connectivity index (χ1n) is 6.75. The monoisotopic (exact) mass is 300 g/mol. The van der Waals surface area contributed by atoms with Gasteiger partial charge in [-0.15, -0.1) is 0 Å². The molecule has 0 saturated heterocycles. The molecular weight excluding hydrogens is 273 g/mol. The summed E-state index contributed by atoms with van der Waals surface area (Å²) in [5.74, 6) is -0.725. The first kappa shape index (κ1) is 23.8. The number of hydrogen-bond acceptors (Lipinski definition) is 2. The Hall–Kier alpha value is -1.27. The van der Waals surface area contributed by atoms with Gasteiger partial charge in [0.15, 0.2) is 0 Å². The fourth-order valence-electron chi connectivity index (χ4n) is 0.820. The van der Waals surface area contributed by atoms with Crippen LogP contribution in [0, 0.1) is 5.92 Å². The maximum absolute atomic E-state index is 11.4. The lowest BCUT2D eigenvalue weighted by Gasteiger charge is -2.04. The van der Waals surface area contributed by atoms with E-state index in [2.05, 4.69) is 5.32 Å². The normalized spacial score (nSPS) is 9.70. The summed E-state index contributed by atoms with van der Waals surface area (Å²) in [7, 11) is 0. The van der Waals surface area contributed by atoms with Gasteiger partial charge in [-0.3, -0.25) is 9.59 Å². The van der Waals surface area contributed by atoms with Gasteiger partial charge in [0.25, 0.3) is 0 Å². The maximum Gasteiger partial charge on any atom is 0.397 e. The molecule has 0 fully saturated rings. The molecule has 2 N–H and O–H groups in total. The van der Waals surface area contributed by atoms with Gasteiger partial charge in [0.2, 0.25) is 11.8 Å². The lowest BCUT2D eigenvalue weighted by Crippen LogP contribution is -2.28. The molecule has 0 rings (SSSR count). The van der Waals surface area contributed by atoms with E-state index in [0.717, 1.165) is 6.54 Å². The Bertz CT molecular complexity index is 254. The Kier molecular flexibility index (Phi) is 16.8. The number of amides is 2. The molecule has 0 bridgehead atoms. The minimum absolute atomic E-state index is 0.120. The average Bonchev–Trinajstić information content (AvgIpc) is 2.30. The summed E-state index contributed by atoms with van der Waals surface area (Å²) >= 11 is 0. The largest absolute Gasteiger partial charge is 0.397 e. The van der Waals surface area contributed by atoms with Gasteiger partial charge in [0.1, 0.15) is 6.42 Å². The molecule has 20 heavy (non-hydrogen) atoms. The molecular formula is C13H27F3N2O2. The molecule has 0 heterocycles. The van der Waals surface area contributed by atoms with E-state index in [1.54, 1.807) is 6.92 Å². The van der Waals surface area contributed by atoms with E-state index in [9.17, 15) is 22.8 Å². The number of halogens is 3. The summed E-state index contributed by atoms with van der Waals surface area (Å²) in [6.45, 7) is 12.2.